The van der Waals surface area contributed by atoms with Gasteiger partial charge in [0, 0.05) is 0 Å². The van der Waals surface area contributed by atoms with Gasteiger partial charge in [-0.2, -0.15) is 4.98 Å². The summed E-state index contributed by atoms with van der Waals surface area (Å²) < 4.78 is 5.56. The van der Waals surface area contributed by atoms with Gasteiger partial charge < -0.3 is 15.4 Å². The molecule has 5 nitrogen and oxygen atoms in total. The van der Waals surface area contributed by atoms with E-state index in [-0.39, 0.29) is 12.3 Å². The molecule has 0 amide bonds. The molecule has 0 bridgehead atoms. The van der Waals surface area contributed by atoms with Crippen LogP contribution in [0.4, 0.5) is 0 Å². The van der Waals surface area contributed by atoms with Crippen LogP contribution in [0.1, 0.15) is 31.2 Å². The van der Waals surface area contributed by atoms with Gasteiger partial charge in [0.05, 0.1) is 16.6 Å². The fourth-order valence-electron chi connectivity index (χ4n) is 1.57. The van der Waals surface area contributed by atoms with Gasteiger partial charge in [0.2, 0.25) is 11.7 Å². The minimum absolute atomic E-state index is 0.101. The first kappa shape index (κ1) is 13.0. The Labute approximate surface area is 113 Å². The Balaban J connectivity index is 2.55. The van der Waals surface area contributed by atoms with Crippen LogP contribution in [0.25, 0.3) is 11.4 Å². The molecule has 0 unspecified atom stereocenters. The standard InChI is InChI=1S/C12H14BrN3O2/c1-6(2)7-3-8(11(17)9(13)4-7)12-15-10(5-14)18-16-12/h3-4,6,17H,5,14H2,1-2H3. The van der Waals surface area contributed by atoms with Crippen molar-refractivity contribution in [1.29, 1.82) is 0 Å². The highest BCUT2D eigenvalue weighted by molar-refractivity contribution is 9.10. The molecule has 0 saturated heterocycles. The number of aromatic nitrogens is 2. The summed E-state index contributed by atoms with van der Waals surface area (Å²) in [6, 6.07) is 3.74. The zero-order valence-electron chi connectivity index (χ0n) is 10.1. The number of phenolic OH excluding ortho intramolecular Hbond substituents is 1. The molecule has 2 rings (SSSR count). The minimum Gasteiger partial charge on any atom is -0.506 e. The lowest BCUT2D eigenvalue weighted by atomic mass is 10.00. The van der Waals surface area contributed by atoms with Gasteiger partial charge in [0.25, 0.3) is 0 Å². The van der Waals surface area contributed by atoms with E-state index in [4.69, 9.17) is 10.3 Å². The third kappa shape index (κ3) is 2.39. The molecule has 0 spiro atoms. The van der Waals surface area contributed by atoms with Crippen LogP contribution in [0.2, 0.25) is 0 Å². The highest BCUT2D eigenvalue weighted by atomic mass is 79.9. The molecule has 0 atom stereocenters. The zero-order chi connectivity index (χ0) is 13.3. The molecule has 2 aromatic rings. The molecular formula is C12H14BrN3O2. The van der Waals surface area contributed by atoms with Crippen LogP contribution in [0.15, 0.2) is 21.1 Å². The summed E-state index contributed by atoms with van der Waals surface area (Å²) in [6.45, 7) is 4.33. The number of nitrogens with two attached hydrogens (primary N) is 1. The summed E-state index contributed by atoms with van der Waals surface area (Å²) in [5.41, 5.74) is 7.04. The first-order valence-corrected chi connectivity index (χ1v) is 6.37. The summed E-state index contributed by atoms with van der Waals surface area (Å²) in [5, 5.41) is 13.9. The van der Waals surface area contributed by atoms with Crippen molar-refractivity contribution in [1.82, 2.24) is 10.1 Å². The van der Waals surface area contributed by atoms with E-state index >= 15 is 0 Å². The highest BCUT2D eigenvalue weighted by Crippen LogP contribution is 2.37. The van der Waals surface area contributed by atoms with Crippen molar-refractivity contribution in [2.24, 2.45) is 5.73 Å². The maximum atomic E-state index is 10.0. The number of phenols is 1. The number of halogens is 1. The Morgan fingerprint density at radius 2 is 2.17 bits per heavy atom. The van der Waals surface area contributed by atoms with Crippen molar-refractivity contribution >= 4 is 15.9 Å². The third-order valence-electron chi connectivity index (χ3n) is 2.64. The molecule has 1 heterocycles. The first-order chi connectivity index (χ1) is 8.52. The van der Waals surface area contributed by atoms with Crippen molar-refractivity contribution in [3.05, 3.63) is 28.1 Å². The van der Waals surface area contributed by atoms with Gasteiger partial charge in [-0.15, -0.1) is 0 Å². The Bertz CT molecular complexity index is 566. The SMILES string of the molecule is CC(C)c1cc(Br)c(O)c(-c2noc(CN)n2)c1. The average Bonchev–Trinajstić information content (AvgIpc) is 2.80. The van der Waals surface area contributed by atoms with E-state index in [0.29, 0.717) is 27.7 Å². The predicted octanol–water partition coefficient (Wildman–Crippen LogP) is 2.79. The van der Waals surface area contributed by atoms with Crippen LogP contribution in [-0.4, -0.2) is 15.2 Å². The zero-order valence-corrected chi connectivity index (χ0v) is 11.7. The fraction of sp³-hybridized carbons (Fsp3) is 0.333. The fourth-order valence-corrected chi connectivity index (χ4v) is 2.05. The Morgan fingerprint density at radius 1 is 1.44 bits per heavy atom. The minimum atomic E-state index is 0.101. The number of nitrogens with zero attached hydrogens (tertiary/aromatic N) is 2. The van der Waals surface area contributed by atoms with Crippen LogP contribution in [0.5, 0.6) is 5.75 Å². The van der Waals surface area contributed by atoms with Crippen LogP contribution in [0, 0.1) is 0 Å². The monoisotopic (exact) mass is 311 g/mol. The number of aromatic hydroxyl groups is 1. The van der Waals surface area contributed by atoms with E-state index in [9.17, 15) is 5.11 Å². The van der Waals surface area contributed by atoms with E-state index in [0.717, 1.165) is 5.56 Å². The topological polar surface area (TPSA) is 85.2 Å². The number of hydrogen-bond donors (Lipinski definition) is 2. The van der Waals surface area contributed by atoms with E-state index in [2.05, 4.69) is 39.9 Å². The van der Waals surface area contributed by atoms with E-state index in [1.807, 2.05) is 12.1 Å². The highest BCUT2D eigenvalue weighted by Gasteiger charge is 2.16. The molecule has 0 saturated carbocycles. The summed E-state index contributed by atoms with van der Waals surface area (Å²) in [6.07, 6.45) is 0. The summed E-state index contributed by atoms with van der Waals surface area (Å²) >= 11 is 3.33. The summed E-state index contributed by atoms with van der Waals surface area (Å²) in [5.74, 6) is 1.12. The van der Waals surface area contributed by atoms with Gasteiger partial charge in [-0.05, 0) is 39.5 Å². The van der Waals surface area contributed by atoms with Gasteiger partial charge in [-0.3, -0.25) is 0 Å². The molecule has 6 heteroatoms. The molecular weight excluding hydrogens is 298 g/mol. The van der Waals surface area contributed by atoms with Crippen LogP contribution < -0.4 is 5.73 Å². The molecule has 96 valence electrons. The van der Waals surface area contributed by atoms with Crippen molar-refractivity contribution in [2.75, 3.05) is 0 Å². The molecule has 0 aliphatic heterocycles. The predicted molar refractivity (Wildman–Crippen MR) is 71.1 cm³/mol. The molecule has 0 aliphatic rings. The molecule has 0 fully saturated rings. The number of hydrogen-bond acceptors (Lipinski definition) is 5. The lowest BCUT2D eigenvalue weighted by molar-refractivity contribution is 0.380. The average molecular weight is 312 g/mol. The smallest absolute Gasteiger partial charge is 0.240 e. The van der Waals surface area contributed by atoms with E-state index < -0.39 is 0 Å². The normalized spacial score (nSPS) is 11.2. The molecule has 3 N–H and O–H groups in total. The van der Waals surface area contributed by atoms with E-state index in [1.165, 1.54) is 0 Å². The van der Waals surface area contributed by atoms with Crippen molar-refractivity contribution < 1.29 is 9.63 Å². The Morgan fingerprint density at radius 3 is 2.72 bits per heavy atom. The molecule has 0 aliphatic carbocycles. The van der Waals surface area contributed by atoms with Crippen molar-refractivity contribution in [3.8, 4) is 17.1 Å². The van der Waals surface area contributed by atoms with Gasteiger partial charge >= 0.3 is 0 Å². The quantitative estimate of drug-likeness (QED) is 0.910. The lowest BCUT2D eigenvalue weighted by Gasteiger charge is -2.10. The van der Waals surface area contributed by atoms with E-state index in [1.54, 1.807) is 0 Å². The Kier molecular flexibility index (Phi) is 3.68. The molecule has 1 aromatic heterocycles. The third-order valence-corrected chi connectivity index (χ3v) is 3.24. The summed E-state index contributed by atoms with van der Waals surface area (Å²) in [4.78, 5) is 4.12. The summed E-state index contributed by atoms with van der Waals surface area (Å²) in [7, 11) is 0. The maximum absolute atomic E-state index is 10.0. The van der Waals surface area contributed by atoms with Crippen molar-refractivity contribution in [2.45, 2.75) is 26.3 Å². The van der Waals surface area contributed by atoms with Crippen LogP contribution in [-0.2, 0) is 6.54 Å². The maximum Gasteiger partial charge on any atom is 0.240 e. The van der Waals surface area contributed by atoms with Crippen molar-refractivity contribution in [3.63, 3.8) is 0 Å². The van der Waals surface area contributed by atoms with Crippen LogP contribution in [0.3, 0.4) is 0 Å². The second-order valence-electron chi connectivity index (χ2n) is 4.27. The van der Waals surface area contributed by atoms with Gasteiger partial charge in [0.1, 0.15) is 5.75 Å². The lowest BCUT2D eigenvalue weighted by Crippen LogP contribution is -1.96. The second-order valence-corrected chi connectivity index (χ2v) is 5.12. The number of benzene rings is 1. The Hall–Kier alpha value is -1.40. The first-order valence-electron chi connectivity index (χ1n) is 5.58. The molecule has 18 heavy (non-hydrogen) atoms. The largest absolute Gasteiger partial charge is 0.506 e. The molecule has 1 aromatic carbocycles. The van der Waals surface area contributed by atoms with Gasteiger partial charge in [-0.25, -0.2) is 0 Å². The number of rotatable bonds is 3. The van der Waals surface area contributed by atoms with Gasteiger partial charge in [-0.1, -0.05) is 19.0 Å². The second kappa shape index (κ2) is 5.07. The van der Waals surface area contributed by atoms with Crippen LogP contribution >= 0.6 is 15.9 Å². The molecule has 0 radical (unpaired) electrons. The van der Waals surface area contributed by atoms with Gasteiger partial charge in [0.15, 0.2) is 0 Å².